The monoisotopic (exact) mass is 431 g/mol. The standard InChI is InChI=1S/C21H25N3O5S/c1-14(2)22-21(27)18-10-5-6-11-19(18)23-20(26)13-24(30(4,28)29)17-9-7-8-16(12-17)15(3)25/h5-12,14H,13H2,1-4H3,(H,22,27)(H,23,26). The molecule has 8 nitrogen and oxygen atoms in total. The van der Waals surface area contributed by atoms with Crippen LogP contribution in [0.25, 0.3) is 0 Å². The van der Waals surface area contributed by atoms with Crippen molar-refractivity contribution >= 4 is 39.0 Å². The third-order valence-electron chi connectivity index (χ3n) is 4.09. The number of Topliss-reactive ketones (excluding diaryl/α,β-unsaturated/α-hetero) is 1. The van der Waals surface area contributed by atoms with Crippen molar-refractivity contribution in [3.63, 3.8) is 0 Å². The van der Waals surface area contributed by atoms with E-state index in [1.54, 1.807) is 36.4 Å². The molecule has 0 radical (unpaired) electrons. The average Bonchev–Trinajstić information content (AvgIpc) is 2.65. The first-order chi connectivity index (χ1) is 14.0. The van der Waals surface area contributed by atoms with Crippen LogP contribution in [-0.2, 0) is 14.8 Å². The molecule has 2 rings (SSSR count). The number of para-hydroxylation sites is 1. The van der Waals surface area contributed by atoms with Crippen molar-refractivity contribution in [2.45, 2.75) is 26.8 Å². The van der Waals surface area contributed by atoms with E-state index >= 15 is 0 Å². The van der Waals surface area contributed by atoms with E-state index in [0.717, 1.165) is 10.6 Å². The average molecular weight is 432 g/mol. The molecule has 0 aromatic heterocycles. The van der Waals surface area contributed by atoms with E-state index in [1.165, 1.54) is 19.1 Å². The zero-order valence-electron chi connectivity index (χ0n) is 17.3. The van der Waals surface area contributed by atoms with Crippen molar-refractivity contribution in [2.75, 3.05) is 22.4 Å². The molecule has 2 aromatic carbocycles. The van der Waals surface area contributed by atoms with E-state index < -0.39 is 22.5 Å². The van der Waals surface area contributed by atoms with Crippen LogP contribution < -0.4 is 14.9 Å². The Labute approximate surface area is 176 Å². The third kappa shape index (κ3) is 6.15. The highest BCUT2D eigenvalue weighted by Gasteiger charge is 2.22. The fraction of sp³-hybridized carbons (Fsp3) is 0.286. The lowest BCUT2D eigenvalue weighted by molar-refractivity contribution is -0.114. The maximum Gasteiger partial charge on any atom is 0.253 e. The second-order valence-corrected chi connectivity index (χ2v) is 9.00. The van der Waals surface area contributed by atoms with Crippen LogP contribution in [-0.4, -0.2) is 44.9 Å². The maximum absolute atomic E-state index is 12.6. The molecular weight excluding hydrogens is 406 g/mol. The van der Waals surface area contributed by atoms with Gasteiger partial charge in [0, 0.05) is 11.6 Å². The molecule has 9 heteroatoms. The Morgan fingerprint density at radius 2 is 1.70 bits per heavy atom. The second-order valence-electron chi connectivity index (χ2n) is 7.10. The van der Waals surface area contributed by atoms with Crippen molar-refractivity contribution in [2.24, 2.45) is 0 Å². The van der Waals surface area contributed by atoms with Crippen LogP contribution in [0, 0.1) is 0 Å². The number of anilines is 2. The summed E-state index contributed by atoms with van der Waals surface area (Å²) in [5.74, 6) is -1.20. The van der Waals surface area contributed by atoms with Crippen LogP contribution in [0.3, 0.4) is 0 Å². The molecule has 0 aliphatic heterocycles. The highest BCUT2D eigenvalue weighted by atomic mass is 32.2. The quantitative estimate of drug-likeness (QED) is 0.624. The molecule has 0 saturated carbocycles. The number of rotatable bonds is 8. The molecule has 2 N–H and O–H groups in total. The van der Waals surface area contributed by atoms with Gasteiger partial charge in [-0.05, 0) is 45.0 Å². The lowest BCUT2D eigenvalue weighted by atomic mass is 10.1. The molecule has 0 aliphatic carbocycles. The molecule has 0 saturated heterocycles. The van der Waals surface area contributed by atoms with Gasteiger partial charge in [-0.2, -0.15) is 0 Å². The minimum Gasteiger partial charge on any atom is -0.350 e. The summed E-state index contributed by atoms with van der Waals surface area (Å²) in [5.41, 5.74) is 1.07. The first-order valence-electron chi connectivity index (χ1n) is 9.27. The molecule has 0 aliphatic rings. The van der Waals surface area contributed by atoms with Gasteiger partial charge in [-0.15, -0.1) is 0 Å². The lowest BCUT2D eigenvalue weighted by Gasteiger charge is -2.22. The highest BCUT2D eigenvalue weighted by molar-refractivity contribution is 7.92. The second kappa shape index (κ2) is 9.53. The van der Waals surface area contributed by atoms with E-state index in [1.807, 2.05) is 13.8 Å². The lowest BCUT2D eigenvalue weighted by Crippen LogP contribution is -2.38. The van der Waals surface area contributed by atoms with Gasteiger partial charge in [0.25, 0.3) is 5.91 Å². The molecular formula is C21H25N3O5S. The molecule has 0 atom stereocenters. The van der Waals surface area contributed by atoms with Crippen LogP contribution in [0.4, 0.5) is 11.4 Å². The molecule has 160 valence electrons. The maximum atomic E-state index is 12.6. The number of carbonyl (C=O) groups excluding carboxylic acids is 3. The van der Waals surface area contributed by atoms with Crippen LogP contribution in [0.1, 0.15) is 41.5 Å². The third-order valence-corrected chi connectivity index (χ3v) is 5.23. The first kappa shape index (κ1) is 23.1. The minimum atomic E-state index is -3.81. The van der Waals surface area contributed by atoms with E-state index in [4.69, 9.17) is 0 Å². The Kier molecular flexibility index (Phi) is 7.33. The number of nitrogens with one attached hydrogen (secondary N) is 2. The van der Waals surface area contributed by atoms with Crippen molar-refractivity contribution in [3.05, 3.63) is 59.7 Å². The van der Waals surface area contributed by atoms with Gasteiger partial charge in [-0.3, -0.25) is 18.7 Å². The predicted octanol–water partition coefficient (Wildman–Crippen LogP) is 2.43. The van der Waals surface area contributed by atoms with Gasteiger partial charge in [0.05, 0.1) is 23.2 Å². The smallest absolute Gasteiger partial charge is 0.253 e. The van der Waals surface area contributed by atoms with Crippen LogP contribution in [0.5, 0.6) is 0 Å². The fourth-order valence-corrected chi connectivity index (χ4v) is 3.58. The minimum absolute atomic E-state index is 0.0875. The number of amides is 2. The zero-order chi connectivity index (χ0) is 22.5. The molecule has 0 unspecified atom stereocenters. The van der Waals surface area contributed by atoms with Crippen LogP contribution in [0.15, 0.2) is 48.5 Å². The molecule has 0 heterocycles. The number of nitrogens with zero attached hydrogens (tertiary/aromatic N) is 1. The topological polar surface area (TPSA) is 113 Å². The zero-order valence-corrected chi connectivity index (χ0v) is 18.1. The predicted molar refractivity (Wildman–Crippen MR) is 116 cm³/mol. The van der Waals surface area contributed by atoms with Crippen LogP contribution in [0.2, 0.25) is 0 Å². The van der Waals surface area contributed by atoms with E-state index in [9.17, 15) is 22.8 Å². The van der Waals surface area contributed by atoms with Gasteiger partial charge in [0.1, 0.15) is 6.54 Å². The highest BCUT2D eigenvalue weighted by Crippen LogP contribution is 2.20. The van der Waals surface area contributed by atoms with Gasteiger partial charge >= 0.3 is 0 Å². The number of sulfonamides is 1. The molecule has 2 amide bonds. The van der Waals surface area contributed by atoms with Gasteiger partial charge in [-0.25, -0.2) is 8.42 Å². The Morgan fingerprint density at radius 3 is 2.30 bits per heavy atom. The number of hydrogen-bond acceptors (Lipinski definition) is 5. The van der Waals surface area contributed by atoms with Crippen LogP contribution >= 0.6 is 0 Å². The largest absolute Gasteiger partial charge is 0.350 e. The number of ketones is 1. The molecule has 0 fully saturated rings. The summed E-state index contributed by atoms with van der Waals surface area (Å²) in [6, 6.07) is 12.4. The van der Waals surface area contributed by atoms with Gasteiger partial charge in [-0.1, -0.05) is 24.3 Å². The van der Waals surface area contributed by atoms with Crippen molar-refractivity contribution in [3.8, 4) is 0 Å². The Bertz CT molecular complexity index is 1060. The first-order valence-corrected chi connectivity index (χ1v) is 11.1. The summed E-state index contributed by atoms with van der Waals surface area (Å²) in [6.45, 7) is 4.49. The number of carbonyl (C=O) groups is 3. The van der Waals surface area contributed by atoms with Gasteiger partial charge < -0.3 is 10.6 Å². The summed E-state index contributed by atoms with van der Waals surface area (Å²) >= 11 is 0. The van der Waals surface area contributed by atoms with Crippen molar-refractivity contribution in [1.82, 2.24) is 5.32 Å². The summed E-state index contributed by atoms with van der Waals surface area (Å²) in [7, 11) is -3.81. The molecule has 30 heavy (non-hydrogen) atoms. The summed E-state index contributed by atoms with van der Waals surface area (Å²) in [5, 5.41) is 5.35. The van der Waals surface area contributed by atoms with E-state index in [0.29, 0.717) is 5.56 Å². The number of benzene rings is 2. The number of hydrogen-bond donors (Lipinski definition) is 2. The molecule has 0 spiro atoms. The van der Waals surface area contributed by atoms with Gasteiger partial charge in [0.15, 0.2) is 5.78 Å². The SMILES string of the molecule is CC(=O)c1cccc(N(CC(=O)Nc2ccccc2C(=O)NC(C)C)S(C)(=O)=O)c1. The van der Waals surface area contributed by atoms with E-state index in [-0.39, 0.29) is 34.7 Å². The summed E-state index contributed by atoms with van der Waals surface area (Å²) in [6.07, 6.45) is 0.977. The fourth-order valence-electron chi connectivity index (χ4n) is 2.73. The summed E-state index contributed by atoms with van der Waals surface area (Å²) in [4.78, 5) is 36.6. The summed E-state index contributed by atoms with van der Waals surface area (Å²) < 4.78 is 25.5. The van der Waals surface area contributed by atoms with Gasteiger partial charge in [0.2, 0.25) is 15.9 Å². The van der Waals surface area contributed by atoms with Crippen molar-refractivity contribution in [1.29, 1.82) is 0 Å². The van der Waals surface area contributed by atoms with E-state index in [2.05, 4.69) is 10.6 Å². The Hall–Kier alpha value is -3.20. The molecule has 0 bridgehead atoms. The Morgan fingerprint density at radius 1 is 1.03 bits per heavy atom. The normalized spacial score (nSPS) is 11.1. The van der Waals surface area contributed by atoms with Crippen molar-refractivity contribution < 1.29 is 22.8 Å². The Balaban J connectivity index is 2.28. The molecule has 2 aromatic rings.